The molecule has 0 atom stereocenters. The first-order valence-electron chi connectivity index (χ1n) is 6.50. The van der Waals surface area contributed by atoms with Gasteiger partial charge in [-0.2, -0.15) is 0 Å². The SMILES string of the molecule is CCN(CC(=O)NC(C)(C)C)C(=O)c1cc(C)c(Br)s1. The summed E-state index contributed by atoms with van der Waals surface area (Å²) in [7, 11) is 0. The molecule has 0 saturated carbocycles. The number of hydrogen-bond acceptors (Lipinski definition) is 3. The molecule has 0 radical (unpaired) electrons. The lowest BCUT2D eigenvalue weighted by Gasteiger charge is -2.24. The maximum absolute atomic E-state index is 12.4. The van der Waals surface area contributed by atoms with Crippen molar-refractivity contribution in [1.82, 2.24) is 10.2 Å². The van der Waals surface area contributed by atoms with Crippen LogP contribution in [0.2, 0.25) is 0 Å². The van der Waals surface area contributed by atoms with Crippen LogP contribution < -0.4 is 5.32 Å². The number of halogens is 1. The Balaban J connectivity index is 2.76. The number of aryl methyl sites for hydroxylation is 1. The van der Waals surface area contributed by atoms with Gasteiger partial charge in [-0.15, -0.1) is 11.3 Å². The second kappa shape index (κ2) is 6.72. The Bertz CT molecular complexity index is 486. The van der Waals surface area contributed by atoms with Crippen LogP contribution in [0.25, 0.3) is 0 Å². The van der Waals surface area contributed by atoms with Crippen LogP contribution in [0.3, 0.4) is 0 Å². The lowest BCUT2D eigenvalue weighted by molar-refractivity contribution is -0.123. The van der Waals surface area contributed by atoms with Gasteiger partial charge in [-0.1, -0.05) is 0 Å². The predicted molar refractivity (Wildman–Crippen MR) is 86.2 cm³/mol. The first-order valence-corrected chi connectivity index (χ1v) is 8.11. The molecular formula is C14H21BrN2O2S. The van der Waals surface area contributed by atoms with E-state index in [-0.39, 0.29) is 23.9 Å². The van der Waals surface area contributed by atoms with Gasteiger partial charge in [0.25, 0.3) is 5.91 Å². The summed E-state index contributed by atoms with van der Waals surface area (Å²) in [6.45, 7) is 10.2. The van der Waals surface area contributed by atoms with Gasteiger partial charge < -0.3 is 10.2 Å². The maximum Gasteiger partial charge on any atom is 0.264 e. The minimum atomic E-state index is -0.290. The highest BCUT2D eigenvalue weighted by molar-refractivity contribution is 9.11. The predicted octanol–water partition coefficient (Wildman–Crippen LogP) is 3.20. The van der Waals surface area contributed by atoms with Gasteiger partial charge in [-0.25, -0.2) is 0 Å². The maximum atomic E-state index is 12.4. The quantitative estimate of drug-likeness (QED) is 0.895. The number of amides is 2. The highest BCUT2D eigenvalue weighted by Crippen LogP contribution is 2.28. The number of hydrogen-bond donors (Lipinski definition) is 1. The number of nitrogens with zero attached hydrogens (tertiary/aromatic N) is 1. The van der Waals surface area contributed by atoms with Gasteiger partial charge in [0, 0.05) is 12.1 Å². The van der Waals surface area contributed by atoms with Crippen LogP contribution in [0.5, 0.6) is 0 Å². The van der Waals surface area contributed by atoms with Gasteiger partial charge >= 0.3 is 0 Å². The molecule has 1 aromatic rings. The van der Waals surface area contributed by atoms with E-state index < -0.39 is 0 Å². The van der Waals surface area contributed by atoms with Crippen molar-refractivity contribution >= 4 is 39.1 Å². The van der Waals surface area contributed by atoms with Gasteiger partial charge in [-0.05, 0) is 62.2 Å². The minimum absolute atomic E-state index is 0.0845. The zero-order chi connectivity index (χ0) is 15.5. The lowest BCUT2D eigenvalue weighted by Crippen LogP contribution is -2.47. The molecule has 0 aliphatic carbocycles. The zero-order valence-electron chi connectivity index (χ0n) is 12.5. The molecule has 0 unspecified atom stereocenters. The molecule has 0 spiro atoms. The topological polar surface area (TPSA) is 49.4 Å². The molecule has 0 aliphatic heterocycles. The Morgan fingerprint density at radius 3 is 2.40 bits per heavy atom. The summed E-state index contributed by atoms with van der Waals surface area (Å²) in [4.78, 5) is 26.5. The third kappa shape index (κ3) is 4.90. The molecule has 1 N–H and O–H groups in total. The summed E-state index contributed by atoms with van der Waals surface area (Å²) in [6, 6.07) is 1.85. The molecule has 0 bridgehead atoms. The normalized spacial score (nSPS) is 11.3. The molecule has 0 fully saturated rings. The molecule has 0 aromatic carbocycles. The Labute approximate surface area is 132 Å². The Morgan fingerprint density at radius 1 is 1.40 bits per heavy atom. The Hall–Kier alpha value is -0.880. The van der Waals surface area contributed by atoms with E-state index in [0.29, 0.717) is 11.4 Å². The second-order valence-corrected chi connectivity index (χ2v) is 8.05. The van der Waals surface area contributed by atoms with Gasteiger partial charge in [0.05, 0.1) is 15.2 Å². The van der Waals surface area contributed by atoms with Gasteiger partial charge in [0.15, 0.2) is 0 Å². The third-order valence-electron chi connectivity index (χ3n) is 2.59. The van der Waals surface area contributed by atoms with E-state index in [1.165, 1.54) is 11.3 Å². The lowest BCUT2D eigenvalue weighted by atomic mass is 10.1. The monoisotopic (exact) mass is 360 g/mol. The number of carbonyl (C=O) groups is 2. The molecule has 6 heteroatoms. The summed E-state index contributed by atoms with van der Waals surface area (Å²) in [6.07, 6.45) is 0. The third-order valence-corrected chi connectivity index (χ3v) is 4.71. The van der Waals surface area contributed by atoms with E-state index in [4.69, 9.17) is 0 Å². The number of nitrogens with one attached hydrogen (secondary N) is 1. The summed E-state index contributed by atoms with van der Waals surface area (Å²) in [5, 5.41) is 2.87. The molecule has 2 amide bonds. The number of thiophene rings is 1. The average Bonchev–Trinajstić information content (AvgIpc) is 2.63. The van der Waals surface area contributed by atoms with E-state index in [2.05, 4.69) is 21.2 Å². The summed E-state index contributed by atoms with van der Waals surface area (Å²) in [5.41, 5.74) is 0.746. The molecule has 1 rings (SSSR count). The fourth-order valence-electron chi connectivity index (χ4n) is 1.68. The molecular weight excluding hydrogens is 340 g/mol. The van der Waals surface area contributed by atoms with E-state index >= 15 is 0 Å². The fraction of sp³-hybridized carbons (Fsp3) is 0.571. The van der Waals surface area contributed by atoms with Crippen molar-refractivity contribution in [2.45, 2.75) is 40.2 Å². The summed E-state index contributed by atoms with van der Waals surface area (Å²) in [5.74, 6) is -0.240. The van der Waals surface area contributed by atoms with Crippen LogP contribution in [-0.2, 0) is 4.79 Å². The van der Waals surface area contributed by atoms with E-state index in [9.17, 15) is 9.59 Å². The van der Waals surface area contributed by atoms with Crippen molar-refractivity contribution < 1.29 is 9.59 Å². The molecule has 0 saturated heterocycles. The second-order valence-electron chi connectivity index (χ2n) is 5.68. The van der Waals surface area contributed by atoms with Crippen LogP contribution in [0.4, 0.5) is 0 Å². The summed E-state index contributed by atoms with van der Waals surface area (Å²) < 4.78 is 0.955. The molecule has 20 heavy (non-hydrogen) atoms. The smallest absolute Gasteiger partial charge is 0.264 e. The van der Waals surface area contributed by atoms with Crippen molar-refractivity contribution in [3.63, 3.8) is 0 Å². The highest BCUT2D eigenvalue weighted by atomic mass is 79.9. The fourth-order valence-corrected chi connectivity index (χ4v) is 3.18. The van der Waals surface area contributed by atoms with Crippen LogP contribution in [0.1, 0.15) is 42.9 Å². The van der Waals surface area contributed by atoms with Crippen LogP contribution in [0, 0.1) is 6.92 Å². The van der Waals surface area contributed by atoms with Crippen LogP contribution in [-0.4, -0.2) is 35.3 Å². The van der Waals surface area contributed by atoms with Crippen molar-refractivity contribution in [3.05, 3.63) is 20.3 Å². The van der Waals surface area contributed by atoms with Crippen LogP contribution in [0.15, 0.2) is 9.85 Å². The van der Waals surface area contributed by atoms with Gasteiger partial charge in [0.2, 0.25) is 5.91 Å². The highest BCUT2D eigenvalue weighted by Gasteiger charge is 2.22. The standard InChI is InChI=1S/C14H21BrN2O2S/c1-6-17(8-11(18)16-14(3,4)5)13(19)10-7-9(2)12(15)20-10/h7H,6,8H2,1-5H3,(H,16,18). The molecule has 4 nitrogen and oxygen atoms in total. The zero-order valence-corrected chi connectivity index (χ0v) is 14.9. The van der Waals surface area contributed by atoms with Gasteiger partial charge in [-0.3, -0.25) is 9.59 Å². The van der Waals surface area contributed by atoms with E-state index in [1.807, 2.05) is 40.7 Å². The summed E-state index contributed by atoms with van der Waals surface area (Å²) >= 11 is 4.81. The largest absolute Gasteiger partial charge is 0.350 e. The van der Waals surface area contributed by atoms with Crippen molar-refractivity contribution in [2.24, 2.45) is 0 Å². The number of rotatable bonds is 4. The van der Waals surface area contributed by atoms with Crippen LogP contribution >= 0.6 is 27.3 Å². The first-order chi connectivity index (χ1) is 9.14. The molecule has 1 heterocycles. The van der Waals surface area contributed by atoms with Crippen molar-refractivity contribution in [3.8, 4) is 0 Å². The molecule has 112 valence electrons. The van der Waals surface area contributed by atoms with E-state index in [0.717, 1.165) is 9.35 Å². The molecule has 0 aliphatic rings. The number of carbonyl (C=O) groups excluding carboxylic acids is 2. The average molecular weight is 361 g/mol. The molecule has 1 aromatic heterocycles. The van der Waals surface area contributed by atoms with Gasteiger partial charge in [0.1, 0.15) is 0 Å². The Kier molecular flexibility index (Phi) is 5.77. The number of likely N-dealkylation sites (N-methyl/N-ethyl adjacent to an activating group) is 1. The Morgan fingerprint density at radius 2 is 2.00 bits per heavy atom. The van der Waals surface area contributed by atoms with Crippen molar-refractivity contribution in [1.29, 1.82) is 0 Å². The minimum Gasteiger partial charge on any atom is -0.350 e. The van der Waals surface area contributed by atoms with Crippen molar-refractivity contribution in [2.75, 3.05) is 13.1 Å². The first kappa shape index (κ1) is 17.2. The van der Waals surface area contributed by atoms with E-state index in [1.54, 1.807) is 4.90 Å².